The first-order valence-electron chi connectivity index (χ1n) is 3.24. The molecule has 0 bridgehead atoms. The first-order chi connectivity index (χ1) is 5.29. The summed E-state index contributed by atoms with van der Waals surface area (Å²) in [5.74, 6) is -0.601. The Labute approximate surface area is 70.4 Å². The van der Waals surface area contributed by atoms with Crippen molar-refractivity contribution in [2.45, 2.75) is 7.43 Å². The molecule has 3 heteroatoms. The number of hydrogen-bond acceptors (Lipinski definition) is 2. The van der Waals surface area contributed by atoms with E-state index in [4.69, 9.17) is 0 Å². The van der Waals surface area contributed by atoms with Crippen LogP contribution < -0.4 is 5.32 Å². The molecular formula is C9H9NO2. The van der Waals surface area contributed by atoms with Crippen LogP contribution in [-0.4, -0.2) is 11.8 Å². The molecule has 1 heterocycles. The van der Waals surface area contributed by atoms with Crippen molar-refractivity contribution >= 4 is 11.8 Å². The van der Waals surface area contributed by atoms with Crippen molar-refractivity contribution in [3.8, 4) is 0 Å². The third kappa shape index (κ3) is 0.993. The fourth-order valence-corrected chi connectivity index (χ4v) is 1.12. The summed E-state index contributed by atoms with van der Waals surface area (Å²) in [6.07, 6.45) is 0. The highest BCUT2D eigenvalue weighted by molar-refractivity contribution is 6.21. The second kappa shape index (κ2) is 2.77. The summed E-state index contributed by atoms with van der Waals surface area (Å²) in [6.45, 7) is 0. The number of imide groups is 1. The van der Waals surface area contributed by atoms with E-state index in [1.807, 2.05) is 0 Å². The second-order valence-electron chi connectivity index (χ2n) is 2.33. The Balaban J connectivity index is 0.000000720. The molecule has 0 unspecified atom stereocenters. The lowest BCUT2D eigenvalue weighted by atomic mass is 10.1. The third-order valence-electron chi connectivity index (χ3n) is 1.64. The largest absolute Gasteiger partial charge is 0.288 e. The normalized spacial score (nSPS) is 13.3. The van der Waals surface area contributed by atoms with Gasteiger partial charge in [0.05, 0.1) is 11.1 Å². The summed E-state index contributed by atoms with van der Waals surface area (Å²) < 4.78 is 0. The molecule has 62 valence electrons. The van der Waals surface area contributed by atoms with Gasteiger partial charge in [0.1, 0.15) is 0 Å². The molecule has 0 atom stereocenters. The van der Waals surface area contributed by atoms with Crippen LogP contribution in [0, 0.1) is 0 Å². The number of carbonyl (C=O) groups excluding carboxylic acids is 2. The maximum atomic E-state index is 10.9. The van der Waals surface area contributed by atoms with Crippen LogP contribution in [0.5, 0.6) is 0 Å². The first kappa shape index (κ1) is 8.46. The minimum Gasteiger partial charge on any atom is -0.288 e. The number of nitrogens with one attached hydrogen (secondary N) is 1. The minimum absolute atomic E-state index is 0. The minimum atomic E-state index is -0.300. The molecule has 0 saturated carbocycles. The number of benzene rings is 1. The van der Waals surface area contributed by atoms with E-state index in [-0.39, 0.29) is 19.2 Å². The zero-order valence-electron chi connectivity index (χ0n) is 5.63. The van der Waals surface area contributed by atoms with E-state index in [0.29, 0.717) is 11.1 Å². The molecule has 12 heavy (non-hydrogen) atoms. The lowest BCUT2D eigenvalue weighted by molar-refractivity contribution is 0.0879. The van der Waals surface area contributed by atoms with Crippen LogP contribution in [0.1, 0.15) is 28.1 Å². The van der Waals surface area contributed by atoms with Crippen LogP contribution in [0.4, 0.5) is 0 Å². The Morgan fingerprint density at radius 2 is 1.33 bits per heavy atom. The van der Waals surface area contributed by atoms with Crippen LogP contribution in [-0.2, 0) is 0 Å². The van der Waals surface area contributed by atoms with Gasteiger partial charge in [-0.25, -0.2) is 0 Å². The van der Waals surface area contributed by atoms with Crippen LogP contribution in [0.2, 0.25) is 0 Å². The molecule has 1 aromatic rings. The van der Waals surface area contributed by atoms with Gasteiger partial charge in [0.25, 0.3) is 11.8 Å². The van der Waals surface area contributed by atoms with Gasteiger partial charge in [-0.15, -0.1) is 0 Å². The third-order valence-corrected chi connectivity index (χ3v) is 1.64. The Bertz CT molecular complexity index is 311. The summed E-state index contributed by atoms with van der Waals surface area (Å²) in [5, 5.41) is 2.20. The quantitative estimate of drug-likeness (QED) is 0.584. The summed E-state index contributed by atoms with van der Waals surface area (Å²) in [4.78, 5) is 21.9. The number of amides is 2. The van der Waals surface area contributed by atoms with Crippen LogP contribution in [0.25, 0.3) is 0 Å². The smallest absolute Gasteiger partial charge is 0.258 e. The van der Waals surface area contributed by atoms with Crippen molar-refractivity contribution in [1.29, 1.82) is 0 Å². The van der Waals surface area contributed by atoms with Gasteiger partial charge in [0, 0.05) is 0 Å². The number of hydrogen-bond donors (Lipinski definition) is 1. The molecule has 1 aliphatic rings. The summed E-state index contributed by atoms with van der Waals surface area (Å²) in [5.41, 5.74) is 0.940. The Kier molecular flexibility index (Phi) is 1.95. The monoisotopic (exact) mass is 163 g/mol. The molecule has 2 rings (SSSR count). The van der Waals surface area contributed by atoms with Gasteiger partial charge in [-0.2, -0.15) is 0 Å². The van der Waals surface area contributed by atoms with E-state index in [2.05, 4.69) is 5.32 Å². The second-order valence-corrected chi connectivity index (χ2v) is 2.33. The fourth-order valence-electron chi connectivity index (χ4n) is 1.12. The molecule has 1 aliphatic heterocycles. The number of rotatable bonds is 0. The highest BCUT2D eigenvalue weighted by Gasteiger charge is 2.25. The molecule has 0 radical (unpaired) electrons. The molecule has 0 saturated heterocycles. The van der Waals surface area contributed by atoms with Crippen molar-refractivity contribution in [1.82, 2.24) is 5.32 Å². The first-order valence-corrected chi connectivity index (χ1v) is 3.24. The lowest BCUT2D eigenvalue weighted by Gasteiger charge is -1.88. The topological polar surface area (TPSA) is 46.2 Å². The van der Waals surface area contributed by atoms with E-state index in [1.165, 1.54) is 0 Å². The van der Waals surface area contributed by atoms with Gasteiger partial charge in [0.15, 0.2) is 0 Å². The standard InChI is InChI=1S/C8H5NO2.CH4/c10-7-5-3-1-2-4-6(5)8(11)9-7;/h1-4H,(H,9,10,11);1H4. The number of fused-ring (bicyclic) bond motifs is 1. The van der Waals surface area contributed by atoms with Crippen LogP contribution >= 0.6 is 0 Å². The zero-order chi connectivity index (χ0) is 7.84. The van der Waals surface area contributed by atoms with E-state index < -0.39 is 0 Å². The summed E-state index contributed by atoms with van der Waals surface area (Å²) >= 11 is 0. The zero-order valence-corrected chi connectivity index (χ0v) is 5.63. The van der Waals surface area contributed by atoms with Crippen molar-refractivity contribution in [3.05, 3.63) is 35.4 Å². The van der Waals surface area contributed by atoms with Gasteiger partial charge in [0.2, 0.25) is 0 Å². The molecule has 0 aliphatic carbocycles. The van der Waals surface area contributed by atoms with Gasteiger partial charge in [-0.05, 0) is 12.1 Å². The van der Waals surface area contributed by atoms with E-state index >= 15 is 0 Å². The highest BCUT2D eigenvalue weighted by Crippen LogP contribution is 2.13. The predicted molar refractivity (Wildman–Crippen MR) is 45.0 cm³/mol. The molecule has 0 aromatic heterocycles. The molecule has 0 fully saturated rings. The van der Waals surface area contributed by atoms with Crippen LogP contribution in [0.3, 0.4) is 0 Å². The maximum Gasteiger partial charge on any atom is 0.258 e. The fraction of sp³-hybridized carbons (Fsp3) is 0.111. The Morgan fingerprint density at radius 3 is 1.75 bits per heavy atom. The van der Waals surface area contributed by atoms with E-state index in [1.54, 1.807) is 24.3 Å². The van der Waals surface area contributed by atoms with Gasteiger partial charge in [-0.1, -0.05) is 19.6 Å². The van der Waals surface area contributed by atoms with Crippen LogP contribution in [0.15, 0.2) is 24.3 Å². The summed E-state index contributed by atoms with van der Waals surface area (Å²) in [7, 11) is 0. The highest BCUT2D eigenvalue weighted by atomic mass is 16.2. The molecular weight excluding hydrogens is 154 g/mol. The number of carbonyl (C=O) groups is 2. The molecule has 1 N–H and O–H groups in total. The molecule has 1 aromatic carbocycles. The summed E-state index contributed by atoms with van der Waals surface area (Å²) in [6, 6.07) is 6.74. The van der Waals surface area contributed by atoms with Crippen molar-refractivity contribution < 1.29 is 9.59 Å². The van der Waals surface area contributed by atoms with Crippen molar-refractivity contribution in [3.63, 3.8) is 0 Å². The van der Waals surface area contributed by atoms with Gasteiger partial charge >= 0.3 is 0 Å². The predicted octanol–water partition coefficient (Wildman–Crippen LogP) is 1.21. The average molecular weight is 163 g/mol. The van der Waals surface area contributed by atoms with E-state index in [9.17, 15) is 9.59 Å². The van der Waals surface area contributed by atoms with E-state index in [0.717, 1.165) is 0 Å². The van der Waals surface area contributed by atoms with Gasteiger partial charge in [-0.3, -0.25) is 14.9 Å². The molecule has 2 amide bonds. The van der Waals surface area contributed by atoms with Crippen molar-refractivity contribution in [2.24, 2.45) is 0 Å². The van der Waals surface area contributed by atoms with Crippen molar-refractivity contribution in [2.75, 3.05) is 0 Å². The van der Waals surface area contributed by atoms with Gasteiger partial charge < -0.3 is 0 Å². The maximum absolute atomic E-state index is 10.9. The lowest BCUT2D eigenvalue weighted by Crippen LogP contribution is -2.19. The molecule has 0 spiro atoms. The Hall–Kier alpha value is -1.64. The Morgan fingerprint density at radius 1 is 0.917 bits per heavy atom. The SMILES string of the molecule is C.O=C1NC(=O)c2ccccc21. The average Bonchev–Trinajstić information content (AvgIpc) is 2.30. The molecule has 3 nitrogen and oxygen atoms in total.